The van der Waals surface area contributed by atoms with Crippen LogP contribution in [0.4, 0.5) is 19.3 Å². The van der Waals surface area contributed by atoms with E-state index in [1.165, 1.54) is 35.7 Å². The Hall–Kier alpha value is -3.62. The zero-order chi connectivity index (χ0) is 35.1. The minimum Gasteiger partial charge on any atom is -0.453 e. The van der Waals surface area contributed by atoms with Crippen molar-refractivity contribution in [1.29, 1.82) is 0 Å². The number of anilines is 1. The smallest absolute Gasteiger partial charge is 0.407 e. The van der Waals surface area contributed by atoms with Crippen LogP contribution in [0.25, 0.3) is 0 Å². The van der Waals surface area contributed by atoms with Crippen molar-refractivity contribution >= 4 is 39.3 Å². The number of sulfonamides is 1. The number of rotatable bonds is 11. The van der Waals surface area contributed by atoms with E-state index in [4.69, 9.17) is 21.1 Å². The van der Waals surface area contributed by atoms with Crippen LogP contribution < -0.4 is 16.0 Å². The van der Waals surface area contributed by atoms with Crippen molar-refractivity contribution in [1.82, 2.24) is 14.9 Å². The molecule has 3 aromatic carbocycles. The quantitative estimate of drug-likeness (QED) is 0.240. The Labute approximate surface area is 290 Å². The molecule has 0 bridgehead atoms. The maximum Gasteiger partial charge on any atom is 0.407 e. The molecule has 0 aromatic heterocycles. The lowest BCUT2D eigenvalue weighted by molar-refractivity contribution is -0.119. The monoisotopic (exact) mass is 718 g/mol. The molecule has 3 aromatic rings. The largest absolute Gasteiger partial charge is 0.453 e. The van der Waals surface area contributed by atoms with E-state index in [9.17, 15) is 22.4 Å². The Balaban J connectivity index is 1.42. The summed E-state index contributed by atoms with van der Waals surface area (Å²) in [5.41, 5.74) is 1.18. The number of carbonyl (C=O) groups excluding carboxylic acids is 2. The third-order valence-corrected chi connectivity index (χ3v) is 11.6. The van der Waals surface area contributed by atoms with Gasteiger partial charge in [0.25, 0.3) is 0 Å². The number of benzene rings is 3. The highest BCUT2D eigenvalue weighted by molar-refractivity contribution is 7.89. The van der Waals surface area contributed by atoms with Crippen molar-refractivity contribution in [3.8, 4) is 0 Å². The van der Waals surface area contributed by atoms with E-state index < -0.39 is 57.7 Å². The van der Waals surface area contributed by atoms with Gasteiger partial charge in [-0.3, -0.25) is 4.79 Å². The van der Waals surface area contributed by atoms with E-state index >= 15 is 4.39 Å². The molecule has 2 saturated heterocycles. The molecule has 3 N–H and O–H groups in total. The molecule has 0 radical (unpaired) electrons. The average Bonchev–Trinajstić information content (AvgIpc) is 3.09. The minimum atomic E-state index is -4.00. The maximum atomic E-state index is 15.5. The molecule has 0 unspecified atom stereocenters. The summed E-state index contributed by atoms with van der Waals surface area (Å²) in [6.07, 6.45) is 0.812. The highest BCUT2D eigenvalue weighted by atomic mass is 35.5. The Morgan fingerprint density at radius 3 is 2.41 bits per heavy atom. The SMILES string of the molecule is COC(=O)N[C@H](C(=O)Nc1cccc(F)c1CC[C@H]1CNC[C@@H](C)N1S(=O)(=O)c1ccc(F)cc1)[C@@H](c1ccc(Cl)cc1)C1CCOCC1. The number of halogens is 3. The molecule has 0 spiro atoms. The molecule has 5 rings (SSSR count). The van der Waals surface area contributed by atoms with Crippen molar-refractivity contribution in [3.05, 3.63) is 94.5 Å². The zero-order valence-electron chi connectivity index (χ0n) is 27.3. The number of amides is 2. The number of carbonyl (C=O) groups is 2. The summed E-state index contributed by atoms with van der Waals surface area (Å²) in [4.78, 5) is 26.8. The summed E-state index contributed by atoms with van der Waals surface area (Å²) in [5, 5.41) is 9.34. The third-order valence-electron chi connectivity index (χ3n) is 9.24. The van der Waals surface area contributed by atoms with Crippen LogP contribution in [0, 0.1) is 17.6 Å². The van der Waals surface area contributed by atoms with Gasteiger partial charge in [0.05, 0.1) is 12.0 Å². The fraction of sp³-hybridized carbons (Fsp3) is 0.429. The van der Waals surface area contributed by atoms with Gasteiger partial charge in [-0.25, -0.2) is 22.0 Å². The lowest BCUT2D eigenvalue weighted by Crippen LogP contribution is -2.58. The van der Waals surface area contributed by atoms with E-state index in [0.29, 0.717) is 44.2 Å². The first kappa shape index (κ1) is 36.7. The third kappa shape index (κ3) is 8.76. The summed E-state index contributed by atoms with van der Waals surface area (Å²) in [5.74, 6) is -2.22. The molecule has 4 atom stereocenters. The van der Waals surface area contributed by atoms with Gasteiger partial charge in [-0.2, -0.15) is 4.31 Å². The predicted molar refractivity (Wildman–Crippen MR) is 182 cm³/mol. The van der Waals surface area contributed by atoms with Crippen molar-refractivity contribution in [2.75, 3.05) is 38.7 Å². The average molecular weight is 719 g/mol. The lowest BCUT2D eigenvalue weighted by Gasteiger charge is -2.40. The number of ether oxygens (including phenoxy) is 2. The van der Waals surface area contributed by atoms with Gasteiger partial charge in [0.2, 0.25) is 15.9 Å². The molecule has 2 heterocycles. The first-order valence-corrected chi connectivity index (χ1v) is 18.1. The van der Waals surface area contributed by atoms with Gasteiger partial charge < -0.3 is 25.4 Å². The second kappa shape index (κ2) is 16.4. The molecular weight excluding hydrogens is 678 g/mol. The van der Waals surface area contributed by atoms with E-state index in [1.807, 2.05) is 12.1 Å². The van der Waals surface area contributed by atoms with Crippen LogP contribution >= 0.6 is 11.6 Å². The minimum absolute atomic E-state index is 0.0320. The highest BCUT2D eigenvalue weighted by Crippen LogP contribution is 2.37. The summed E-state index contributed by atoms with van der Waals surface area (Å²) in [6, 6.07) is 14.0. The Bertz CT molecular complexity index is 1710. The van der Waals surface area contributed by atoms with Crippen LogP contribution in [0.3, 0.4) is 0 Å². The first-order valence-electron chi connectivity index (χ1n) is 16.3. The van der Waals surface area contributed by atoms with Gasteiger partial charge in [0.15, 0.2) is 0 Å². The van der Waals surface area contributed by atoms with Crippen molar-refractivity contribution in [3.63, 3.8) is 0 Å². The number of hydrogen-bond donors (Lipinski definition) is 3. The van der Waals surface area contributed by atoms with E-state index in [-0.39, 0.29) is 34.9 Å². The Morgan fingerprint density at radius 2 is 1.73 bits per heavy atom. The van der Waals surface area contributed by atoms with E-state index in [0.717, 1.165) is 17.7 Å². The normalized spacial score (nSPS) is 20.3. The zero-order valence-corrected chi connectivity index (χ0v) is 28.9. The molecular formula is C35H41ClF2N4O6S. The fourth-order valence-electron chi connectivity index (χ4n) is 6.84. The number of methoxy groups -OCH3 is 1. The van der Waals surface area contributed by atoms with E-state index in [2.05, 4.69) is 16.0 Å². The van der Waals surface area contributed by atoms with Crippen LogP contribution in [0.2, 0.25) is 5.02 Å². The standard InChI is InChI=1S/C35H41ClF2N4O6S/c1-22-20-39-21-27(42(22)49(45,46)28-13-10-26(37)11-14-28)12-15-29-30(38)4-3-5-31(29)40-34(43)33(41-35(44)47-2)32(24-16-18-48-19-17-24)23-6-8-25(36)9-7-23/h3-11,13-14,22,24,27,32-33,39H,12,15-21H2,1-2H3,(H,40,43)(H,41,44)/t22-,27+,32+,33+/m1/s1. The molecule has 49 heavy (non-hydrogen) atoms. The van der Waals surface area contributed by atoms with Crippen LogP contribution in [0.15, 0.2) is 71.6 Å². The Kier molecular flexibility index (Phi) is 12.3. The van der Waals surface area contributed by atoms with Crippen molar-refractivity contribution in [2.24, 2.45) is 5.92 Å². The van der Waals surface area contributed by atoms with Crippen LogP contribution in [0.5, 0.6) is 0 Å². The van der Waals surface area contributed by atoms with Crippen LogP contribution in [-0.2, 0) is 30.7 Å². The molecule has 264 valence electrons. The molecule has 2 fully saturated rings. The predicted octanol–water partition coefficient (Wildman–Crippen LogP) is 5.48. The molecule has 0 aliphatic carbocycles. The van der Waals surface area contributed by atoms with Gasteiger partial charge >= 0.3 is 6.09 Å². The van der Waals surface area contributed by atoms with Gasteiger partial charge in [0, 0.05) is 60.6 Å². The fourth-order valence-corrected chi connectivity index (χ4v) is 8.81. The number of nitrogens with one attached hydrogen (secondary N) is 3. The Morgan fingerprint density at radius 1 is 1.04 bits per heavy atom. The van der Waals surface area contributed by atoms with E-state index in [1.54, 1.807) is 25.1 Å². The topological polar surface area (TPSA) is 126 Å². The van der Waals surface area contributed by atoms with Gasteiger partial charge in [-0.1, -0.05) is 29.8 Å². The van der Waals surface area contributed by atoms with Gasteiger partial charge in [-0.15, -0.1) is 0 Å². The lowest BCUT2D eigenvalue weighted by atomic mass is 9.76. The molecule has 2 aliphatic heterocycles. The summed E-state index contributed by atoms with van der Waals surface area (Å²) < 4.78 is 68.4. The number of alkyl carbamates (subject to hydrolysis) is 1. The molecule has 0 saturated carbocycles. The number of nitrogens with zero attached hydrogens (tertiary/aromatic N) is 1. The summed E-state index contributed by atoms with van der Waals surface area (Å²) >= 11 is 6.18. The molecule has 2 amide bonds. The second-order valence-corrected chi connectivity index (χ2v) is 14.7. The molecule has 2 aliphatic rings. The molecule has 10 nitrogen and oxygen atoms in total. The second-order valence-electron chi connectivity index (χ2n) is 12.4. The first-order chi connectivity index (χ1) is 23.5. The van der Waals surface area contributed by atoms with Crippen molar-refractivity contribution in [2.45, 2.75) is 61.5 Å². The van der Waals surface area contributed by atoms with Gasteiger partial charge in [-0.05, 0) is 92.6 Å². The van der Waals surface area contributed by atoms with Crippen LogP contribution in [-0.4, -0.2) is 76.3 Å². The van der Waals surface area contributed by atoms with Gasteiger partial charge in [0.1, 0.15) is 17.7 Å². The molecule has 14 heteroatoms. The maximum absolute atomic E-state index is 15.5. The van der Waals surface area contributed by atoms with Crippen LogP contribution in [0.1, 0.15) is 43.2 Å². The summed E-state index contributed by atoms with van der Waals surface area (Å²) in [6.45, 7) is 3.50. The number of piperazine rings is 1. The highest BCUT2D eigenvalue weighted by Gasteiger charge is 2.40. The van der Waals surface area contributed by atoms with Crippen molar-refractivity contribution < 1.29 is 36.3 Å². The number of hydrogen-bond acceptors (Lipinski definition) is 7. The summed E-state index contributed by atoms with van der Waals surface area (Å²) in [7, 11) is -2.79.